The summed E-state index contributed by atoms with van der Waals surface area (Å²) in [5.41, 5.74) is 1.84. The maximum atomic E-state index is 12.7. The molecular formula is C21H24N4O3. The monoisotopic (exact) mass is 380 g/mol. The first kappa shape index (κ1) is 18.4. The number of aryl methyl sites for hydroxylation is 1. The van der Waals surface area contributed by atoms with Gasteiger partial charge in [0.15, 0.2) is 0 Å². The van der Waals surface area contributed by atoms with Crippen LogP contribution in [0.1, 0.15) is 31.4 Å². The van der Waals surface area contributed by atoms with Crippen molar-refractivity contribution >= 4 is 17.5 Å². The van der Waals surface area contributed by atoms with Gasteiger partial charge in [-0.1, -0.05) is 12.1 Å². The van der Waals surface area contributed by atoms with Crippen LogP contribution in [0, 0.1) is 18.8 Å². The number of benzene rings is 1. The number of hydrogen-bond donors (Lipinski definition) is 2. The highest BCUT2D eigenvalue weighted by atomic mass is 16.2. The van der Waals surface area contributed by atoms with Crippen molar-refractivity contribution in [2.45, 2.75) is 32.6 Å². The van der Waals surface area contributed by atoms with Gasteiger partial charge in [0.1, 0.15) is 5.82 Å². The summed E-state index contributed by atoms with van der Waals surface area (Å²) in [5.74, 6) is 0.846. The predicted molar refractivity (Wildman–Crippen MR) is 106 cm³/mol. The molecule has 2 aliphatic rings. The lowest BCUT2D eigenvalue weighted by atomic mass is 9.95. The quantitative estimate of drug-likeness (QED) is 0.851. The van der Waals surface area contributed by atoms with Crippen LogP contribution in [0.15, 0.2) is 35.1 Å². The molecule has 2 aromatic rings. The van der Waals surface area contributed by atoms with Gasteiger partial charge in [-0.25, -0.2) is 4.98 Å². The van der Waals surface area contributed by atoms with E-state index < -0.39 is 0 Å². The van der Waals surface area contributed by atoms with Crippen LogP contribution in [-0.4, -0.2) is 39.8 Å². The third kappa shape index (κ3) is 4.13. The third-order valence-corrected chi connectivity index (χ3v) is 5.38. The van der Waals surface area contributed by atoms with Crippen molar-refractivity contribution in [3.05, 3.63) is 46.4 Å². The number of H-pyrrole nitrogens is 1. The van der Waals surface area contributed by atoms with Crippen LogP contribution in [0.25, 0.3) is 11.4 Å². The van der Waals surface area contributed by atoms with Crippen LogP contribution in [0.5, 0.6) is 0 Å². The SMILES string of the molecule is Cc1cc(=O)[nH]c(-c2cccc(NC(=O)C3CCN(C(=O)C4CC4)CC3)c2)n1. The molecule has 0 spiro atoms. The van der Waals surface area contributed by atoms with Gasteiger partial charge in [0.25, 0.3) is 5.56 Å². The Bertz CT molecular complexity index is 956. The number of rotatable bonds is 4. The first-order valence-electron chi connectivity index (χ1n) is 9.77. The highest BCUT2D eigenvalue weighted by Gasteiger charge is 2.35. The Morgan fingerprint density at radius 2 is 1.86 bits per heavy atom. The van der Waals surface area contributed by atoms with E-state index in [2.05, 4.69) is 15.3 Å². The number of likely N-dealkylation sites (tertiary alicyclic amines) is 1. The van der Waals surface area contributed by atoms with E-state index in [0.717, 1.165) is 18.4 Å². The second kappa shape index (κ2) is 7.58. The Morgan fingerprint density at radius 3 is 2.54 bits per heavy atom. The molecule has 1 aliphatic carbocycles. The first-order valence-corrected chi connectivity index (χ1v) is 9.77. The Morgan fingerprint density at radius 1 is 1.11 bits per heavy atom. The normalized spacial score (nSPS) is 17.4. The van der Waals surface area contributed by atoms with Gasteiger partial charge in [0, 0.05) is 47.9 Å². The summed E-state index contributed by atoms with van der Waals surface area (Å²) < 4.78 is 0. The summed E-state index contributed by atoms with van der Waals surface area (Å²) in [6.07, 6.45) is 3.40. The Balaban J connectivity index is 1.39. The summed E-state index contributed by atoms with van der Waals surface area (Å²) in [6, 6.07) is 8.73. The van der Waals surface area contributed by atoms with Crippen LogP contribution in [0.3, 0.4) is 0 Å². The van der Waals surface area contributed by atoms with E-state index in [1.54, 1.807) is 13.0 Å². The highest BCUT2D eigenvalue weighted by Crippen LogP contribution is 2.32. The molecule has 2 amide bonds. The number of carbonyl (C=O) groups excluding carboxylic acids is 2. The van der Waals surface area contributed by atoms with Gasteiger partial charge in [-0.3, -0.25) is 14.4 Å². The number of aromatic amines is 1. The van der Waals surface area contributed by atoms with Gasteiger partial charge in [0.05, 0.1) is 0 Å². The van der Waals surface area contributed by atoms with Gasteiger partial charge in [-0.2, -0.15) is 0 Å². The average molecular weight is 380 g/mol. The number of aromatic nitrogens is 2. The molecule has 146 valence electrons. The van der Waals surface area contributed by atoms with Crippen LogP contribution in [-0.2, 0) is 9.59 Å². The molecule has 1 aliphatic heterocycles. The van der Waals surface area contributed by atoms with Crippen LogP contribution >= 0.6 is 0 Å². The zero-order valence-corrected chi connectivity index (χ0v) is 15.9. The van der Waals surface area contributed by atoms with E-state index in [1.165, 1.54) is 6.07 Å². The Kier molecular flexibility index (Phi) is 4.98. The standard InChI is InChI=1S/C21H24N4O3/c1-13-11-18(26)24-19(22-13)16-3-2-4-17(12-16)23-20(27)14-7-9-25(10-8-14)21(28)15-5-6-15/h2-4,11-12,14-15H,5-10H2,1H3,(H,23,27)(H,22,24,26). The molecular weight excluding hydrogens is 356 g/mol. The van der Waals surface area contributed by atoms with E-state index in [1.807, 2.05) is 23.1 Å². The van der Waals surface area contributed by atoms with Crippen LogP contribution in [0.4, 0.5) is 5.69 Å². The molecule has 2 fully saturated rings. The molecule has 1 saturated carbocycles. The highest BCUT2D eigenvalue weighted by molar-refractivity contribution is 5.93. The van der Waals surface area contributed by atoms with Gasteiger partial charge >= 0.3 is 0 Å². The zero-order valence-electron chi connectivity index (χ0n) is 15.9. The lowest BCUT2D eigenvalue weighted by molar-refractivity contribution is -0.135. The summed E-state index contributed by atoms with van der Waals surface area (Å²) in [5, 5.41) is 2.97. The number of carbonyl (C=O) groups is 2. The molecule has 2 N–H and O–H groups in total. The maximum absolute atomic E-state index is 12.7. The number of hydrogen-bond acceptors (Lipinski definition) is 4. The lowest BCUT2D eigenvalue weighted by Gasteiger charge is -2.31. The summed E-state index contributed by atoms with van der Waals surface area (Å²) in [7, 11) is 0. The maximum Gasteiger partial charge on any atom is 0.251 e. The van der Waals surface area contributed by atoms with Crippen molar-refractivity contribution in [3.8, 4) is 11.4 Å². The van der Waals surface area contributed by atoms with Gasteiger partial charge in [-0.15, -0.1) is 0 Å². The minimum Gasteiger partial charge on any atom is -0.342 e. The molecule has 0 unspecified atom stereocenters. The second-order valence-corrected chi connectivity index (χ2v) is 7.68. The molecule has 1 aromatic heterocycles. The van der Waals surface area contributed by atoms with Gasteiger partial charge < -0.3 is 15.2 Å². The lowest BCUT2D eigenvalue weighted by Crippen LogP contribution is -2.42. The van der Waals surface area contributed by atoms with E-state index in [4.69, 9.17) is 0 Å². The fourth-order valence-electron chi connectivity index (χ4n) is 3.65. The van der Waals surface area contributed by atoms with Gasteiger partial charge in [-0.05, 0) is 44.7 Å². The number of nitrogens with one attached hydrogen (secondary N) is 2. The fourth-order valence-corrected chi connectivity index (χ4v) is 3.65. The topological polar surface area (TPSA) is 95.2 Å². The average Bonchev–Trinajstić information content (AvgIpc) is 3.52. The van der Waals surface area contributed by atoms with Crippen LogP contribution < -0.4 is 10.9 Å². The van der Waals surface area contributed by atoms with E-state index in [9.17, 15) is 14.4 Å². The number of amides is 2. The molecule has 28 heavy (non-hydrogen) atoms. The summed E-state index contributed by atoms with van der Waals surface area (Å²) >= 11 is 0. The molecule has 2 heterocycles. The molecule has 1 saturated heterocycles. The predicted octanol–water partition coefficient (Wildman–Crippen LogP) is 2.33. The first-order chi connectivity index (χ1) is 13.5. The molecule has 0 radical (unpaired) electrons. The van der Waals surface area contributed by atoms with Crippen molar-refractivity contribution < 1.29 is 9.59 Å². The molecule has 1 aromatic carbocycles. The van der Waals surface area contributed by atoms with E-state index in [-0.39, 0.29) is 29.2 Å². The smallest absolute Gasteiger partial charge is 0.251 e. The molecule has 0 atom stereocenters. The van der Waals surface area contributed by atoms with Crippen molar-refractivity contribution in [2.75, 3.05) is 18.4 Å². The van der Waals surface area contributed by atoms with Gasteiger partial charge in [0.2, 0.25) is 11.8 Å². The third-order valence-electron chi connectivity index (χ3n) is 5.38. The molecule has 7 nitrogen and oxygen atoms in total. The summed E-state index contributed by atoms with van der Waals surface area (Å²) in [4.78, 5) is 45.5. The largest absolute Gasteiger partial charge is 0.342 e. The van der Waals surface area contributed by atoms with Crippen molar-refractivity contribution in [1.29, 1.82) is 0 Å². The number of piperidine rings is 1. The molecule has 0 bridgehead atoms. The molecule has 4 rings (SSSR count). The van der Waals surface area contributed by atoms with E-state index in [0.29, 0.717) is 43.1 Å². The zero-order chi connectivity index (χ0) is 19.7. The number of nitrogens with zero attached hydrogens (tertiary/aromatic N) is 2. The van der Waals surface area contributed by atoms with Crippen molar-refractivity contribution in [1.82, 2.24) is 14.9 Å². The van der Waals surface area contributed by atoms with Crippen molar-refractivity contribution in [2.24, 2.45) is 11.8 Å². The second-order valence-electron chi connectivity index (χ2n) is 7.68. The minimum absolute atomic E-state index is 0.0265. The Labute approximate surface area is 163 Å². The Hall–Kier alpha value is -2.96. The van der Waals surface area contributed by atoms with Crippen molar-refractivity contribution in [3.63, 3.8) is 0 Å². The fraction of sp³-hybridized carbons (Fsp3) is 0.429. The van der Waals surface area contributed by atoms with E-state index >= 15 is 0 Å². The van der Waals surface area contributed by atoms with Crippen LogP contribution in [0.2, 0.25) is 0 Å². The summed E-state index contributed by atoms with van der Waals surface area (Å²) in [6.45, 7) is 3.08. The number of anilines is 1. The molecule has 7 heteroatoms. The minimum atomic E-state index is -0.204.